The molecule has 7 atom stereocenters. The van der Waals surface area contributed by atoms with Crippen molar-refractivity contribution in [3.63, 3.8) is 0 Å². The van der Waals surface area contributed by atoms with E-state index in [0.717, 1.165) is 17.6 Å². The van der Waals surface area contributed by atoms with Gasteiger partial charge in [0.05, 0.1) is 36.8 Å². The highest BCUT2D eigenvalue weighted by atomic mass is 35.5. The number of esters is 1. The maximum Gasteiger partial charge on any atom is 0.407 e. The van der Waals surface area contributed by atoms with Gasteiger partial charge in [0.2, 0.25) is 5.91 Å². The summed E-state index contributed by atoms with van der Waals surface area (Å²) in [4.78, 5) is 37.2. The Morgan fingerprint density at radius 2 is 1.96 bits per heavy atom. The SMILES string of the molecule is CC.CNC(=O)C[C@H](OC(=O)C(C)NC)C1(C)OC1CC1CC([C@@H](/C=C/C=C(\C)Cc2ccc(Cl)c(OC)c2)OC)NC(=O)O1. The summed E-state index contributed by atoms with van der Waals surface area (Å²) in [5, 5.41) is 8.83. The number of carbonyl (C=O) groups is 3. The number of ether oxygens (including phenoxy) is 5. The molecule has 3 N–H and O–H groups in total. The lowest BCUT2D eigenvalue weighted by Crippen LogP contribution is -2.51. The molecule has 1 aromatic carbocycles. The second kappa shape index (κ2) is 18.1. The van der Waals surface area contributed by atoms with Gasteiger partial charge < -0.3 is 39.6 Å². The quantitative estimate of drug-likeness (QED) is 0.142. The number of halogens is 1. The molecular weight excluding hydrogens is 602 g/mol. The minimum atomic E-state index is -0.889. The lowest BCUT2D eigenvalue weighted by atomic mass is 9.91. The Morgan fingerprint density at radius 1 is 1.24 bits per heavy atom. The molecule has 0 aromatic heterocycles. The van der Waals surface area contributed by atoms with E-state index in [2.05, 4.69) is 16.0 Å². The number of carbonyl (C=O) groups excluding carboxylic acids is 3. The highest BCUT2D eigenvalue weighted by Crippen LogP contribution is 2.45. The van der Waals surface area contributed by atoms with Gasteiger partial charge in [0.15, 0.2) is 0 Å². The van der Waals surface area contributed by atoms with Gasteiger partial charge in [-0.3, -0.25) is 9.59 Å². The zero-order valence-corrected chi connectivity index (χ0v) is 28.7. The summed E-state index contributed by atoms with van der Waals surface area (Å²) < 4.78 is 28.3. The molecule has 2 saturated heterocycles. The monoisotopic (exact) mass is 651 g/mol. The van der Waals surface area contributed by atoms with Gasteiger partial charge in [0, 0.05) is 27.0 Å². The van der Waals surface area contributed by atoms with Crippen molar-refractivity contribution >= 4 is 29.6 Å². The normalized spacial score (nSPS) is 24.7. The van der Waals surface area contributed by atoms with Crippen LogP contribution in [0.2, 0.25) is 5.02 Å². The van der Waals surface area contributed by atoms with Gasteiger partial charge in [-0.05, 0) is 51.9 Å². The van der Waals surface area contributed by atoms with Crippen LogP contribution >= 0.6 is 11.6 Å². The Morgan fingerprint density at radius 3 is 2.58 bits per heavy atom. The second-order valence-corrected chi connectivity index (χ2v) is 11.5. The summed E-state index contributed by atoms with van der Waals surface area (Å²) in [5.74, 6) is -0.118. The van der Waals surface area contributed by atoms with Crippen molar-refractivity contribution < 1.29 is 38.1 Å². The third-order valence-corrected chi connectivity index (χ3v) is 8.24. The molecule has 0 aliphatic carbocycles. The van der Waals surface area contributed by atoms with Gasteiger partial charge in [-0.1, -0.05) is 55.3 Å². The number of alkyl carbamates (subject to hydrolysis) is 1. The van der Waals surface area contributed by atoms with Crippen LogP contribution in [-0.2, 0) is 35.0 Å². The van der Waals surface area contributed by atoms with Crippen LogP contribution in [0, 0.1) is 0 Å². The molecule has 11 nitrogen and oxygen atoms in total. The largest absolute Gasteiger partial charge is 0.495 e. The fourth-order valence-electron chi connectivity index (χ4n) is 5.06. The summed E-state index contributed by atoms with van der Waals surface area (Å²) in [6.07, 6.45) is 4.78. The highest BCUT2D eigenvalue weighted by molar-refractivity contribution is 6.32. The molecular formula is C33H50ClN3O8. The maximum absolute atomic E-state index is 12.5. The first kappa shape index (κ1) is 38.1. The average Bonchev–Trinajstić information content (AvgIpc) is 3.69. The van der Waals surface area contributed by atoms with E-state index in [4.69, 9.17) is 35.3 Å². The first-order valence-electron chi connectivity index (χ1n) is 15.4. The number of hydrogen-bond donors (Lipinski definition) is 3. The van der Waals surface area contributed by atoms with Crippen molar-refractivity contribution in [2.45, 2.75) is 102 Å². The molecule has 0 bridgehead atoms. The number of benzene rings is 1. The minimum Gasteiger partial charge on any atom is -0.495 e. The predicted molar refractivity (Wildman–Crippen MR) is 174 cm³/mol. The molecule has 45 heavy (non-hydrogen) atoms. The van der Waals surface area contributed by atoms with Crippen LogP contribution in [0.4, 0.5) is 4.79 Å². The molecule has 0 radical (unpaired) electrons. The number of hydrogen-bond acceptors (Lipinski definition) is 9. The van der Waals surface area contributed by atoms with Crippen LogP contribution in [0.25, 0.3) is 0 Å². The van der Waals surface area contributed by atoms with Crippen molar-refractivity contribution in [3.8, 4) is 5.75 Å². The highest BCUT2D eigenvalue weighted by Gasteiger charge is 2.60. The summed E-state index contributed by atoms with van der Waals surface area (Å²) in [6, 6.07) is 4.82. The van der Waals surface area contributed by atoms with E-state index in [1.165, 1.54) is 7.05 Å². The van der Waals surface area contributed by atoms with Crippen LogP contribution < -0.4 is 20.7 Å². The molecule has 0 spiro atoms. The van der Waals surface area contributed by atoms with E-state index in [9.17, 15) is 14.4 Å². The van der Waals surface area contributed by atoms with E-state index in [1.807, 2.05) is 57.2 Å². The molecule has 0 saturated carbocycles. The van der Waals surface area contributed by atoms with E-state index >= 15 is 0 Å². The smallest absolute Gasteiger partial charge is 0.407 e. The fraction of sp³-hybridized carbons (Fsp3) is 0.606. The lowest BCUT2D eigenvalue weighted by Gasteiger charge is -2.33. The van der Waals surface area contributed by atoms with Crippen molar-refractivity contribution in [2.24, 2.45) is 0 Å². The van der Waals surface area contributed by atoms with Gasteiger partial charge in [0.1, 0.15) is 29.6 Å². The van der Waals surface area contributed by atoms with Gasteiger partial charge in [-0.25, -0.2) is 4.79 Å². The van der Waals surface area contributed by atoms with Crippen molar-refractivity contribution in [1.29, 1.82) is 0 Å². The number of epoxide rings is 1. The number of methoxy groups -OCH3 is 2. The molecule has 5 unspecified atom stereocenters. The predicted octanol–water partition coefficient (Wildman–Crippen LogP) is 4.51. The number of nitrogens with one attached hydrogen (secondary N) is 3. The number of amides is 2. The van der Waals surface area contributed by atoms with Crippen molar-refractivity contribution in [1.82, 2.24) is 16.0 Å². The van der Waals surface area contributed by atoms with Crippen molar-refractivity contribution in [3.05, 3.63) is 52.6 Å². The third kappa shape index (κ3) is 11.0. The molecule has 2 amide bonds. The zero-order chi connectivity index (χ0) is 33.7. The summed E-state index contributed by atoms with van der Waals surface area (Å²) >= 11 is 6.13. The molecule has 2 fully saturated rings. The zero-order valence-electron chi connectivity index (χ0n) is 27.9. The van der Waals surface area contributed by atoms with E-state index in [0.29, 0.717) is 23.6 Å². The Balaban J connectivity index is 0.00000345. The molecule has 252 valence electrons. The number of rotatable bonds is 15. The molecule has 1 aromatic rings. The van der Waals surface area contributed by atoms with Crippen LogP contribution in [-0.4, -0.2) is 88.4 Å². The third-order valence-electron chi connectivity index (χ3n) is 7.93. The average molecular weight is 652 g/mol. The summed E-state index contributed by atoms with van der Waals surface area (Å²) in [6.45, 7) is 9.51. The molecule has 2 aliphatic rings. The molecule has 2 heterocycles. The Kier molecular flexibility index (Phi) is 15.3. The maximum atomic E-state index is 12.5. The van der Waals surface area contributed by atoms with Gasteiger partial charge in [-0.15, -0.1) is 0 Å². The fourth-order valence-corrected chi connectivity index (χ4v) is 5.25. The molecule has 3 rings (SSSR count). The number of likely N-dealkylation sites (N-methyl/N-ethyl adjacent to an activating group) is 1. The van der Waals surface area contributed by atoms with Crippen LogP contribution in [0.5, 0.6) is 5.75 Å². The number of cyclic esters (lactones) is 1. The Bertz CT molecular complexity index is 1210. The van der Waals surface area contributed by atoms with E-state index in [-0.39, 0.29) is 24.5 Å². The standard InChI is InChI=1S/C31H44ClN3O8.C2H6/c1-18(13-20-11-12-22(32)25(14-20)40-7)9-8-10-24(39-6)23-15-21(41-30(38)35-23)16-27-31(3,43-27)26(17-28(36)34-5)42-29(37)19(2)33-4;1-2/h8-12,14,19,21,23-24,26-27,33H,13,15-17H2,1-7H3,(H,34,36)(H,35,38);1-2H3/b10-8+,18-9+;/t19?,21?,23?,24-,26+,27?,31?;/m1./s1. The summed E-state index contributed by atoms with van der Waals surface area (Å²) in [7, 11) is 6.35. The van der Waals surface area contributed by atoms with Crippen LogP contribution in [0.3, 0.4) is 0 Å². The lowest BCUT2D eigenvalue weighted by molar-refractivity contribution is -0.155. The first-order chi connectivity index (χ1) is 21.4. The number of allylic oxidation sites excluding steroid dienone is 3. The van der Waals surface area contributed by atoms with Gasteiger partial charge >= 0.3 is 12.1 Å². The van der Waals surface area contributed by atoms with Crippen LogP contribution in [0.15, 0.2) is 42.0 Å². The van der Waals surface area contributed by atoms with Crippen molar-refractivity contribution in [2.75, 3.05) is 28.3 Å². The molecule has 12 heteroatoms. The van der Waals surface area contributed by atoms with E-state index < -0.39 is 42.0 Å². The van der Waals surface area contributed by atoms with Crippen LogP contribution in [0.1, 0.15) is 59.4 Å². The first-order valence-corrected chi connectivity index (χ1v) is 15.7. The minimum absolute atomic E-state index is 0.0463. The summed E-state index contributed by atoms with van der Waals surface area (Å²) in [5.41, 5.74) is 1.30. The Hall–Kier alpha value is -3.12. The van der Waals surface area contributed by atoms with Gasteiger partial charge in [-0.2, -0.15) is 0 Å². The van der Waals surface area contributed by atoms with E-state index in [1.54, 1.807) is 35.1 Å². The second-order valence-electron chi connectivity index (χ2n) is 11.1. The Labute approximate surface area is 272 Å². The van der Waals surface area contributed by atoms with Gasteiger partial charge in [0.25, 0.3) is 0 Å². The topological polar surface area (TPSA) is 137 Å². The molecule has 2 aliphatic heterocycles.